The second kappa shape index (κ2) is 3.40. The van der Waals surface area contributed by atoms with Crippen LogP contribution in [0.5, 0.6) is 0 Å². The van der Waals surface area contributed by atoms with Crippen LogP contribution in [0.2, 0.25) is 0 Å². The van der Waals surface area contributed by atoms with Gasteiger partial charge in [0.25, 0.3) is 0 Å². The van der Waals surface area contributed by atoms with Gasteiger partial charge in [0.05, 0.1) is 17.3 Å². The fourth-order valence-corrected chi connectivity index (χ4v) is 1.60. The number of nitrogens with zero attached hydrogens (tertiary/aromatic N) is 2. The highest BCUT2D eigenvalue weighted by molar-refractivity contribution is 5.53. The van der Waals surface area contributed by atoms with E-state index >= 15 is 0 Å². The molecular weight excluding hydrogens is 176 g/mol. The average Bonchev–Trinajstić information content (AvgIpc) is 2.56. The Morgan fingerprint density at radius 2 is 2.29 bits per heavy atom. The van der Waals surface area contributed by atoms with Crippen LogP contribution < -0.4 is 11.5 Å². The number of hydrogen-bond acceptors (Lipinski definition) is 3. The molecule has 0 radical (unpaired) electrons. The molecule has 2 heterocycles. The van der Waals surface area contributed by atoms with Crippen molar-refractivity contribution < 1.29 is 0 Å². The summed E-state index contributed by atoms with van der Waals surface area (Å²) >= 11 is 0. The highest BCUT2D eigenvalue weighted by Gasteiger charge is 2.11. The van der Waals surface area contributed by atoms with Gasteiger partial charge in [-0.05, 0) is 19.1 Å². The SMILES string of the molecule is CC(N)c1nc(CN)c2ccccn12. The molecule has 4 N–H and O–H groups in total. The lowest BCUT2D eigenvalue weighted by atomic mass is 10.3. The summed E-state index contributed by atoms with van der Waals surface area (Å²) in [7, 11) is 0. The van der Waals surface area contributed by atoms with Gasteiger partial charge in [0.15, 0.2) is 0 Å². The summed E-state index contributed by atoms with van der Waals surface area (Å²) in [5, 5.41) is 0. The summed E-state index contributed by atoms with van der Waals surface area (Å²) in [5.74, 6) is 0.862. The molecular formula is C10H14N4. The van der Waals surface area contributed by atoms with Gasteiger partial charge in [-0.2, -0.15) is 0 Å². The Balaban J connectivity index is 2.73. The van der Waals surface area contributed by atoms with Crippen molar-refractivity contribution in [3.05, 3.63) is 35.9 Å². The zero-order valence-corrected chi connectivity index (χ0v) is 8.14. The van der Waals surface area contributed by atoms with Gasteiger partial charge in [0.2, 0.25) is 0 Å². The van der Waals surface area contributed by atoms with Crippen LogP contribution in [0.4, 0.5) is 0 Å². The molecule has 0 fully saturated rings. The Bertz CT molecular complexity index is 444. The molecule has 14 heavy (non-hydrogen) atoms. The maximum Gasteiger partial charge on any atom is 0.130 e. The highest BCUT2D eigenvalue weighted by atomic mass is 15.1. The summed E-state index contributed by atoms with van der Waals surface area (Å²) in [6.45, 7) is 2.36. The summed E-state index contributed by atoms with van der Waals surface area (Å²) in [6, 6.07) is 5.86. The predicted octanol–water partition coefficient (Wildman–Crippen LogP) is 0.813. The number of aromatic nitrogens is 2. The van der Waals surface area contributed by atoms with Crippen molar-refractivity contribution in [3.8, 4) is 0 Å². The Kier molecular flexibility index (Phi) is 2.23. The fraction of sp³-hybridized carbons (Fsp3) is 0.300. The zero-order chi connectivity index (χ0) is 10.1. The van der Waals surface area contributed by atoms with Gasteiger partial charge in [-0.1, -0.05) is 6.07 Å². The summed E-state index contributed by atoms with van der Waals surface area (Å²) in [6.07, 6.45) is 1.96. The van der Waals surface area contributed by atoms with E-state index in [1.165, 1.54) is 0 Å². The Hall–Kier alpha value is -1.39. The minimum Gasteiger partial charge on any atom is -0.325 e. The molecule has 0 aliphatic rings. The number of rotatable bonds is 2. The Morgan fingerprint density at radius 3 is 2.93 bits per heavy atom. The lowest BCUT2D eigenvalue weighted by Crippen LogP contribution is -2.09. The first-order chi connectivity index (χ1) is 6.74. The normalized spacial score (nSPS) is 13.4. The van der Waals surface area contributed by atoms with Crippen molar-refractivity contribution >= 4 is 5.52 Å². The molecule has 0 aromatic carbocycles. The molecule has 1 atom stereocenters. The minimum atomic E-state index is -0.0785. The maximum atomic E-state index is 5.82. The molecule has 2 rings (SSSR count). The molecule has 2 aromatic heterocycles. The maximum absolute atomic E-state index is 5.82. The van der Waals surface area contributed by atoms with Crippen molar-refractivity contribution in [1.29, 1.82) is 0 Å². The van der Waals surface area contributed by atoms with Gasteiger partial charge in [0.1, 0.15) is 5.82 Å². The molecule has 4 heteroatoms. The first kappa shape index (κ1) is 9.18. The molecule has 4 nitrogen and oxygen atoms in total. The van der Waals surface area contributed by atoms with Gasteiger partial charge in [-0.15, -0.1) is 0 Å². The second-order valence-corrected chi connectivity index (χ2v) is 3.37. The standard InChI is InChI=1S/C10H14N4/c1-7(12)10-13-8(6-11)9-4-2-3-5-14(9)10/h2-5,7H,6,11-12H2,1H3. The van der Waals surface area contributed by atoms with Crippen LogP contribution in [0.25, 0.3) is 5.52 Å². The number of nitrogens with two attached hydrogens (primary N) is 2. The number of hydrogen-bond donors (Lipinski definition) is 2. The van der Waals surface area contributed by atoms with Gasteiger partial charge >= 0.3 is 0 Å². The van der Waals surface area contributed by atoms with Gasteiger partial charge in [-0.25, -0.2) is 4.98 Å². The third kappa shape index (κ3) is 1.29. The van der Waals surface area contributed by atoms with E-state index in [0.717, 1.165) is 17.0 Å². The highest BCUT2D eigenvalue weighted by Crippen LogP contribution is 2.16. The Labute approximate surface area is 82.5 Å². The minimum absolute atomic E-state index is 0.0785. The topological polar surface area (TPSA) is 69.3 Å². The van der Waals surface area contributed by atoms with Crippen molar-refractivity contribution in [2.24, 2.45) is 11.5 Å². The predicted molar refractivity (Wildman–Crippen MR) is 55.7 cm³/mol. The smallest absolute Gasteiger partial charge is 0.130 e. The Morgan fingerprint density at radius 1 is 1.50 bits per heavy atom. The van der Waals surface area contributed by atoms with Crippen LogP contribution in [0.1, 0.15) is 24.5 Å². The van der Waals surface area contributed by atoms with E-state index in [4.69, 9.17) is 11.5 Å². The van der Waals surface area contributed by atoms with E-state index < -0.39 is 0 Å². The molecule has 0 saturated heterocycles. The molecule has 0 amide bonds. The molecule has 0 spiro atoms. The van der Waals surface area contributed by atoms with Gasteiger partial charge < -0.3 is 15.9 Å². The van der Waals surface area contributed by atoms with E-state index in [2.05, 4.69) is 4.98 Å². The van der Waals surface area contributed by atoms with Crippen LogP contribution in [0, 0.1) is 0 Å². The molecule has 2 aromatic rings. The third-order valence-electron chi connectivity index (χ3n) is 2.25. The second-order valence-electron chi connectivity index (χ2n) is 3.37. The van der Waals surface area contributed by atoms with Crippen molar-refractivity contribution in [1.82, 2.24) is 9.38 Å². The fourth-order valence-electron chi connectivity index (χ4n) is 1.60. The van der Waals surface area contributed by atoms with Crippen LogP contribution in [-0.4, -0.2) is 9.38 Å². The largest absolute Gasteiger partial charge is 0.325 e. The van der Waals surface area contributed by atoms with Crippen molar-refractivity contribution in [2.45, 2.75) is 19.5 Å². The summed E-state index contributed by atoms with van der Waals surface area (Å²) in [5.41, 5.74) is 13.4. The number of fused-ring (bicyclic) bond motifs is 1. The van der Waals surface area contributed by atoms with E-state index in [0.29, 0.717) is 6.54 Å². The van der Waals surface area contributed by atoms with E-state index in [1.54, 1.807) is 0 Å². The van der Waals surface area contributed by atoms with Crippen LogP contribution in [0.15, 0.2) is 24.4 Å². The molecule has 0 aliphatic heterocycles. The van der Waals surface area contributed by atoms with E-state index in [9.17, 15) is 0 Å². The molecule has 1 unspecified atom stereocenters. The number of pyridine rings is 1. The average molecular weight is 190 g/mol. The number of imidazole rings is 1. The van der Waals surface area contributed by atoms with E-state index in [1.807, 2.05) is 35.7 Å². The quantitative estimate of drug-likeness (QED) is 0.736. The first-order valence-corrected chi connectivity index (χ1v) is 4.65. The monoisotopic (exact) mass is 190 g/mol. The molecule has 0 bridgehead atoms. The van der Waals surface area contributed by atoms with Crippen molar-refractivity contribution in [2.75, 3.05) is 0 Å². The molecule has 0 saturated carbocycles. The van der Waals surface area contributed by atoms with Gasteiger partial charge in [0, 0.05) is 12.7 Å². The first-order valence-electron chi connectivity index (χ1n) is 4.65. The zero-order valence-electron chi connectivity index (χ0n) is 8.14. The lowest BCUT2D eigenvalue weighted by molar-refractivity contribution is 0.732. The van der Waals surface area contributed by atoms with Gasteiger partial charge in [-0.3, -0.25) is 0 Å². The summed E-state index contributed by atoms with van der Waals surface area (Å²) < 4.78 is 1.99. The lowest BCUT2D eigenvalue weighted by Gasteiger charge is -2.02. The van der Waals surface area contributed by atoms with E-state index in [-0.39, 0.29) is 6.04 Å². The van der Waals surface area contributed by atoms with Crippen LogP contribution in [-0.2, 0) is 6.54 Å². The molecule has 74 valence electrons. The van der Waals surface area contributed by atoms with Crippen LogP contribution >= 0.6 is 0 Å². The molecule has 0 aliphatic carbocycles. The van der Waals surface area contributed by atoms with Crippen LogP contribution in [0.3, 0.4) is 0 Å². The summed E-state index contributed by atoms with van der Waals surface area (Å²) in [4.78, 5) is 4.42. The van der Waals surface area contributed by atoms with Crippen molar-refractivity contribution in [3.63, 3.8) is 0 Å². The third-order valence-corrected chi connectivity index (χ3v) is 2.25.